The van der Waals surface area contributed by atoms with Crippen molar-refractivity contribution in [3.05, 3.63) is 0 Å². The predicted molar refractivity (Wildman–Crippen MR) is 94.5 cm³/mol. The molecule has 4 heteroatoms. The monoisotopic (exact) mass is 324 g/mol. The van der Waals surface area contributed by atoms with Crippen molar-refractivity contribution in [1.82, 2.24) is 10.2 Å². The Labute approximate surface area is 142 Å². The van der Waals surface area contributed by atoms with Crippen LogP contribution in [-0.4, -0.2) is 42.3 Å². The third kappa shape index (κ3) is 4.20. The van der Waals surface area contributed by atoms with E-state index in [1.165, 1.54) is 0 Å². The van der Waals surface area contributed by atoms with E-state index in [1.54, 1.807) is 0 Å². The van der Waals surface area contributed by atoms with Crippen LogP contribution in [0.3, 0.4) is 0 Å². The predicted octanol–water partition coefficient (Wildman–Crippen LogP) is 4.05. The van der Waals surface area contributed by atoms with E-state index in [4.69, 9.17) is 4.74 Å². The molecular weight excluding hydrogens is 288 g/mol. The average Bonchev–Trinajstić information content (AvgIpc) is 2.90. The Bertz CT molecular complexity index is 423. The van der Waals surface area contributed by atoms with Crippen molar-refractivity contribution < 1.29 is 9.53 Å². The zero-order chi connectivity index (χ0) is 17.5. The topological polar surface area (TPSA) is 41.6 Å². The molecule has 0 aromatic heterocycles. The van der Waals surface area contributed by atoms with Gasteiger partial charge in [0.25, 0.3) is 0 Å². The Kier molecular flexibility index (Phi) is 5.06. The van der Waals surface area contributed by atoms with Crippen LogP contribution >= 0.6 is 0 Å². The maximum Gasteiger partial charge on any atom is 0.410 e. The molecule has 0 spiro atoms. The van der Waals surface area contributed by atoms with Crippen LogP contribution in [0.4, 0.5) is 4.79 Å². The van der Waals surface area contributed by atoms with Crippen molar-refractivity contribution >= 4 is 6.09 Å². The van der Waals surface area contributed by atoms with Crippen molar-refractivity contribution in [3.8, 4) is 0 Å². The summed E-state index contributed by atoms with van der Waals surface area (Å²) >= 11 is 0. The molecule has 2 rings (SSSR count). The number of hydrogen-bond acceptors (Lipinski definition) is 3. The van der Waals surface area contributed by atoms with Gasteiger partial charge in [-0.1, -0.05) is 27.7 Å². The van der Waals surface area contributed by atoms with E-state index in [-0.39, 0.29) is 6.09 Å². The molecule has 1 saturated carbocycles. The molecule has 1 amide bonds. The smallest absolute Gasteiger partial charge is 0.410 e. The second-order valence-electron chi connectivity index (χ2n) is 9.50. The molecule has 2 fully saturated rings. The van der Waals surface area contributed by atoms with Crippen LogP contribution in [0.2, 0.25) is 0 Å². The van der Waals surface area contributed by atoms with Gasteiger partial charge in [0.2, 0.25) is 0 Å². The number of rotatable bonds is 3. The molecule has 1 unspecified atom stereocenters. The van der Waals surface area contributed by atoms with Crippen molar-refractivity contribution in [2.75, 3.05) is 19.6 Å². The van der Waals surface area contributed by atoms with Crippen LogP contribution in [-0.2, 0) is 4.74 Å². The Morgan fingerprint density at radius 1 is 1.13 bits per heavy atom. The molecule has 4 nitrogen and oxygen atoms in total. The first-order chi connectivity index (χ1) is 10.4. The third-order valence-electron chi connectivity index (χ3n) is 6.31. The number of carbonyl (C=O) groups is 1. The standard InChI is InChI=1S/C19H36N2O2/c1-17(2,3)23-16(22)21-11-8-9-14(10-12-21)20-13-15-18(4,5)19(15,6)7/h14-15,20H,8-13H2,1-7H3. The molecule has 1 aliphatic carbocycles. The van der Waals surface area contributed by atoms with Gasteiger partial charge in [0, 0.05) is 19.1 Å². The molecule has 0 bridgehead atoms. The van der Waals surface area contributed by atoms with Gasteiger partial charge in [-0.3, -0.25) is 0 Å². The van der Waals surface area contributed by atoms with Crippen molar-refractivity contribution in [2.24, 2.45) is 16.7 Å². The van der Waals surface area contributed by atoms with Crippen molar-refractivity contribution in [2.45, 2.75) is 79.4 Å². The largest absolute Gasteiger partial charge is 0.444 e. The van der Waals surface area contributed by atoms with Crippen LogP contribution in [0.25, 0.3) is 0 Å². The number of amides is 1. The highest BCUT2D eigenvalue weighted by Gasteiger charge is 2.63. The van der Waals surface area contributed by atoms with Gasteiger partial charge < -0.3 is 15.0 Å². The van der Waals surface area contributed by atoms with Gasteiger partial charge in [-0.2, -0.15) is 0 Å². The Hall–Kier alpha value is -0.770. The number of carbonyl (C=O) groups excluding carboxylic acids is 1. The highest BCUT2D eigenvalue weighted by Crippen LogP contribution is 2.67. The summed E-state index contributed by atoms with van der Waals surface area (Å²) in [5, 5.41) is 3.76. The number of ether oxygens (including phenoxy) is 1. The van der Waals surface area contributed by atoms with Crippen LogP contribution in [0.5, 0.6) is 0 Å². The molecule has 134 valence electrons. The fraction of sp³-hybridized carbons (Fsp3) is 0.947. The van der Waals surface area contributed by atoms with Gasteiger partial charge in [0.05, 0.1) is 0 Å². The molecule has 2 aliphatic rings. The summed E-state index contributed by atoms with van der Waals surface area (Å²) in [6.45, 7) is 18.0. The first kappa shape index (κ1) is 18.6. The number of nitrogens with zero attached hydrogens (tertiary/aromatic N) is 1. The lowest BCUT2D eigenvalue weighted by atomic mass is 10.0. The average molecular weight is 325 g/mol. The van der Waals surface area contributed by atoms with Crippen molar-refractivity contribution in [3.63, 3.8) is 0 Å². The van der Waals surface area contributed by atoms with Gasteiger partial charge in [0.15, 0.2) is 0 Å². The van der Waals surface area contributed by atoms with E-state index < -0.39 is 5.60 Å². The van der Waals surface area contributed by atoms with Gasteiger partial charge in [0.1, 0.15) is 5.60 Å². The van der Waals surface area contributed by atoms with Crippen LogP contribution < -0.4 is 5.32 Å². The molecule has 1 atom stereocenters. The molecule has 1 heterocycles. The minimum atomic E-state index is -0.413. The summed E-state index contributed by atoms with van der Waals surface area (Å²) in [6, 6.07) is 0.523. The van der Waals surface area contributed by atoms with E-state index in [0.29, 0.717) is 16.9 Å². The second-order valence-corrected chi connectivity index (χ2v) is 9.50. The molecule has 0 radical (unpaired) electrons. The fourth-order valence-corrected chi connectivity index (χ4v) is 3.94. The molecule has 0 aromatic rings. The van der Waals surface area contributed by atoms with Crippen molar-refractivity contribution in [1.29, 1.82) is 0 Å². The van der Waals surface area contributed by atoms with E-state index in [0.717, 1.165) is 44.8 Å². The zero-order valence-corrected chi connectivity index (χ0v) is 16.2. The number of likely N-dealkylation sites (tertiary alicyclic amines) is 1. The SMILES string of the molecule is CC(C)(C)OC(=O)N1CCCC(NCC2C(C)(C)C2(C)C)CC1. The lowest BCUT2D eigenvalue weighted by Gasteiger charge is -2.26. The van der Waals surface area contributed by atoms with E-state index in [9.17, 15) is 4.79 Å². The second kappa shape index (κ2) is 6.27. The van der Waals surface area contributed by atoms with E-state index >= 15 is 0 Å². The molecule has 1 saturated heterocycles. The normalized spacial score (nSPS) is 27.4. The molecule has 1 N–H and O–H groups in total. The first-order valence-electron chi connectivity index (χ1n) is 9.16. The zero-order valence-electron chi connectivity index (χ0n) is 16.2. The first-order valence-corrected chi connectivity index (χ1v) is 9.16. The third-order valence-corrected chi connectivity index (χ3v) is 6.31. The Morgan fingerprint density at radius 2 is 1.74 bits per heavy atom. The highest BCUT2D eigenvalue weighted by molar-refractivity contribution is 5.68. The van der Waals surface area contributed by atoms with Crippen LogP contribution in [0.15, 0.2) is 0 Å². The summed E-state index contributed by atoms with van der Waals surface area (Å²) in [7, 11) is 0. The molecule has 1 aliphatic heterocycles. The Morgan fingerprint density at radius 3 is 2.26 bits per heavy atom. The van der Waals surface area contributed by atoms with Gasteiger partial charge in [-0.25, -0.2) is 4.79 Å². The van der Waals surface area contributed by atoms with E-state index in [1.807, 2.05) is 25.7 Å². The summed E-state index contributed by atoms with van der Waals surface area (Å²) < 4.78 is 5.50. The lowest BCUT2D eigenvalue weighted by Crippen LogP contribution is -2.38. The number of hydrogen-bond donors (Lipinski definition) is 1. The van der Waals surface area contributed by atoms with Crippen LogP contribution in [0.1, 0.15) is 67.7 Å². The highest BCUT2D eigenvalue weighted by atomic mass is 16.6. The van der Waals surface area contributed by atoms with E-state index in [2.05, 4.69) is 33.0 Å². The minimum absolute atomic E-state index is 0.164. The summed E-state index contributed by atoms with van der Waals surface area (Å²) in [5.74, 6) is 0.750. The lowest BCUT2D eigenvalue weighted by molar-refractivity contribution is 0.0256. The quantitative estimate of drug-likeness (QED) is 0.851. The molecular formula is C19H36N2O2. The Balaban J connectivity index is 1.77. The minimum Gasteiger partial charge on any atom is -0.444 e. The van der Waals surface area contributed by atoms with Gasteiger partial charge in [-0.15, -0.1) is 0 Å². The van der Waals surface area contributed by atoms with Gasteiger partial charge >= 0.3 is 6.09 Å². The van der Waals surface area contributed by atoms with Crippen LogP contribution in [0, 0.1) is 16.7 Å². The number of nitrogens with one attached hydrogen (secondary N) is 1. The maximum atomic E-state index is 12.2. The molecule has 23 heavy (non-hydrogen) atoms. The summed E-state index contributed by atoms with van der Waals surface area (Å²) in [6.07, 6.45) is 3.05. The summed E-state index contributed by atoms with van der Waals surface area (Å²) in [4.78, 5) is 14.1. The fourth-order valence-electron chi connectivity index (χ4n) is 3.94. The maximum absolute atomic E-state index is 12.2. The molecule has 0 aromatic carbocycles. The van der Waals surface area contributed by atoms with Gasteiger partial charge in [-0.05, 0) is 63.3 Å². The summed E-state index contributed by atoms with van der Waals surface area (Å²) in [5.41, 5.74) is 0.463.